The van der Waals surface area contributed by atoms with Gasteiger partial charge in [0.25, 0.3) is 5.91 Å². The summed E-state index contributed by atoms with van der Waals surface area (Å²) in [6.07, 6.45) is 4.46. The van der Waals surface area contributed by atoms with Gasteiger partial charge >= 0.3 is 0 Å². The molecule has 3 aromatic rings. The minimum absolute atomic E-state index is 0.0779. The van der Waals surface area contributed by atoms with E-state index >= 15 is 0 Å². The van der Waals surface area contributed by atoms with Gasteiger partial charge in [0.1, 0.15) is 41.5 Å². The second-order valence-corrected chi connectivity index (χ2v) is 20.1. The van der Waals surface area contributed by atoms with Crippen LogP contribution in [0.15, 0.2) is 94.5 Å². The minimum atomic E-state index is -4.95. The SMILES string of the molecule is CCN(CC)c1ccc2c(-c3ccccc3C(=O)N3CCCC3C(=O)NC(CS(=O)(=O)[O-])C(=O)NCCCCCC(=O)NCCSSc3ccccn3)c3ccc(=[N+](CC)CC)cc-3oc2c1. The van der Waals surface area contributed by atoms with E-state index in [2.05, 4.69) is 70.2 Å². The van der Waals surface area contributed by atoms with Crippen LogP contribution in [0.3, 0.4) is 0 Å². The third-order valence-corrected chi connectivity index (χ3v) is 14.9. The molecule has 1 aromatic heterocycles. The van der Waals surface area contributed by atoms with E-state index in [-0.39, 0.29) is 25.4 Å². The molecule has 2 unspecified atom stereocenters. The number of benzene rings is 3. The van der Waals surface area contributed by atoms with Gasteiger partial charge in [0, 0.05) is 91.0 Å². The van der Waals surface area contributed by atoms with Gasteiger partial charge in [-0.2, -0.15) is 0 Å². The lowest BCUT2D eigenvalue weighted by Crippen LogP contribution is -2.55. The monoisotopic (exact) mass is 971 g/mol. The highest BCUT2D eigenvalue weighted by atomic mass is 33.1. The van der Waals surface area contributed by atoms with Gasteiger partial charge in [-0.15, -0.1) is 0 Å². The van der Waals surface area contributed by atoms with E-state index in [1.807, 2.05) is 54.6 Å². The number of hydrogen-bond donors (Lipinski definition) is 3. The van der Waals surface area contributed by atoms with Gasteiger partial charge in [-0.3, -0.25) is 19.2 Å². The maximum Gasteiger partial charge on any atom is 0.255 e. The summed E-state index contributed by atoms with van der Waals surface area (Å²) < 4.78 is 44.8. The number of nitrogens with zero attached hydrogens (tertiary/aromatic N) is 4. The molecule has 2 aliphatic heterocycles. The first-order chi connectivity index (χ1) is 32.3. The maximum absolute atomic E-state index is 14.8. The number of carbonyl (C=O) groups is 4. The number of hydrogen-bond acceptors (Lipinski definition) is 12. The molecule has 0 bridgehead atoms. The second kappa shape index (κ2) is 24.5. The van der Waals surface area contributed by atoms with Gasteiger partial charge in [0.05, 0.1) is 21.9 Å². The van der Waals surface area contributed by atoms with Gasteiger partial charge in [-0.25, -0.2) is 18.0 Å². The Morgan fingerprint density at radius 3 is 2.42 bits per heavy atom. The molecule has 2 atom stereocenters. The highest BCUT2D eigenvalue weighted by molar-refractivity contribution is 8.76. The van der Waals surface area contributed by atoms with Crippen molar-refractivity contribution in [3.8, 4) is 22.5 Å². The molecule has 1 fully saturated rings. The van der Waals surface area contributed by atoms with Crippen molar-refractivity contribution in [2.24, 2.45) is 0 Å². The lowest BCUT2D eigenvalue weighted by molar-refractivity contribution is -0.130. The third kappa shape index (κ3) is 13.6. The molecule has 0 saturated carbocycles. The largest absolute Gasteiger partial charge is 0.748 e. The van der Waals surface area contributed by atoms with E-state index in [1.165, 1.54) is 4.90 Å². The van der Waals surface area contributed by atoms with Crippen molar-refractivity contribution >= 4 is 72.0 Å². The zero-order valence-electron chi connectivity index (χ0n) is 38.6. The fourth-order valence-corrected chi connectivity index (χ4v) is 10.9. The summed E-state index contributed by atoms with van der Waals surface area (Å²) in [5, 5.41) is 10.7. The summed E-state index contributed by atoms with van der Waals surface area (Å²) in [4.78, 5) is 62.3. The predicted molar refractivity (Wildman–Crippen MR) is 266 cm³/mol. The number of carbonyl (C=O) groups excluding carboxylic acids is 4. The molecule has 6 rings (SSSR count). The van der Waals surface area contributed by atoms with Crippen molar-refractivity contribution in [1.82, 2.24) is 30.4 Å². The van der Waals surface area contributed by atoms with E-state index in [1.54, 1.807) is 39.9 Å². The van der Waals surface area contributed by atoms with Crippen LogP contribution >= 0.6 is 21.6 Å². The van der Waals surface area contributed by atoms with Crippen molar-refractivity contribution in [3.63, 3.8) is 0 Å². The first-order valence-corrected chi connectivity index (χ1v) is 27.0. The summed E-state index contributed by atoms with van der Waals surface area (Å²) in [5.74, 6) is -1.81. The molecule has 3 N–H and O–H groups in total. The summed E-state index contributed by atoms with van der Waals surface area (Å²) in [5.41, 5.74) is 4.29. The van der Waals surface area contributed by atoms with Crippen LogP contribution in [0.2, 0.25) is 0 Å². The van der Waals surface area contributed by atoms with Crippen molar-refractivity contribution in [2.75, 3.05) is 62.2 Å². The second-order valence-electron chi connectivity index (χ2n) is 16.2. The van der Waals surface area contributed by atoms with Crippen LogP contribution < -0.4 is 30.8 Å². The number of pyridine rings is 1. The van der Waals surface area contributed by atoms with Crippen LogP contribution in [0.5, 0.6) is 0 Å². The van der Waals surface area contributed by atoms with Crippen molar-refractivity contribution in [1.29, 1.82) is 0 Å². The Kier molecular flexibility index (Phi) is 18.7. The summed E-state index contributed by atoms with van der Waals surface area (Å²) in [6.45, 7) is 12.6. The molecular formula is C49H61N7O8S3. The fourth-order valence-electron chi connectivity index (χ4n) is 8.45. The van der Waals surface area contributed by atoms with Crippen molar-refractivity contribution in [2.45, 2.75) is 83.3 Å². The normalized spacial score (nSPS) is 14.2. The van der Waals surface area contributed by atoms with Gasteiger partial charge < -0.3 is 34.7 Å². The lowest BCUT2D eigenvalue weighted by Gasteiger charge is -2.28. The zero-order valence-corrected chi connectivity index (χ0v) is 41.1. The average molecular weight is 972 g/mol. The average Bonchev–Trinajstić information content (AvgIpc) is 3.82. The first-order valence-electron chi connectivity index (χ1n) is 23.1. The van der Waals surface area contributed by atoms with E-state index in [4.69, 9.17) is 4.42 Å². The standard InChI is InChI=1S/C49H61N7O8S3/c1-5-54(6-2)34-22-24-38-42(31-34)64-43-32-35(55(7-3)8-4)23-25-39(43)46(38)36-17-11-12-18-37(36)49(60)56-29-16-19-41(56)48(59)53-40(33-67(61,62)63)47(58)52-27-14-9-10-20-44(57)50-28-30-65-66-45-21-13-15-26-51-45/h11-13,15,17-18,21-26,31-32,40-41H,5-10,14,16,19-20,27-30,33H2,1-4H3,(H3-,50,52,53,57,58,59,61,62,63). The number of rotatable bonds is 23. The number of anilines is 1. The molecule has 15 nitrogen and oxygen atoms in total. The Balaban J connectivity index is 1.13. The highest BCUT2D eigenvalue weighted by Gasteiger charge is 2.38. The predicted octanol–water partition coefficient (Wildman–Crippen LogP) is 6.13. The van der Waals surface area contributed by atoms with Crippen LogP contribution in [0, 0.1) is 0 Å². The van der Waals surface area contributed by atoms with Gasteiger partial charge in [0.15, 0.2) is 0 Å². The summed E-state index contributed by atoms with van der Waals surface area (Å²) in [7, 11) is -1.80. The molecule has 1 aliphatic carbocycles. The molecule has 67 heavy (non-hydrogen) atoms. The summed E-state index contributed by atoms with van der Waals surface area (Å²) >= 11 is 0. The molecule has 2 aromatic carbocycles. The number of nitrogens with one attached hydrogen (secondary N) is 3. The van der Waals surface area contributed by atoms with E-state index in [9.17, 15) is 32.1 Å². The molecule has 3 aliphatic rings. The molecule has 0 spiro atoms. The van der Waals surface area contributed by atoms with E-state index < -0.39 is 45.7 Å². The van der Waals surface area contributed by atoms with Gasteiger partial charge in [0.2, 0.25) is 23.1 Å². The molecule has 358 valence electrons. The lowest BCUT2D eigenvalue weighted by atomic mass is 9.90. The fraction of sp³-hybridized carbons (Fsp3) is 0.429. The number of unbranched alkanes of at least 4 members (excludes halogenated alkanes) is 2. The summed E-state index contributed by atoms with van der Waals surface area (Å²) in [6, 6.07) is 22.5. The van der Waals surface area contributed by atoms with Crippen LogP contribution in [0.4, 0.5) is 5.69 Å². The van der Waals surface area contributed by atoms with Crippen LogP contribution in [-0.4, -0.2) is 116 Å². The van der Waals surface area contributed by atoms with Crippen LogP contribution in [-0.2, 0) is 24.5 Å². The maximum atomic E-state index is 14.8. The number of aromatic nitrogens is 1. The van der Waals surface area contributed by atoms with Crippen LogP contribution in [0.1, 0.15) is 76.6 Å². The topological polar surface area (TPSA) is 197 Å². The quantitative estimate of drug-likeness (QED) is 0.0223. The van der Waals surface area contributed by atoms with Gasteiger partial charge in [-0.05, 0) is 106 Å². The minimum Gasteiger partial charge on any atom is -0.748 e. The molecular weight excluding hydrogens is 911 g/mol. The molecule has 1 saturated heterocycles. The van der Waals surface area contributed by atoms with Crippen molar-refractivity contribution in [3.05, 3.63) is 96.0 Å². The van der Waals surface area contributed by atoms with Gasteiger partial charge in [-0.1, -0.05) is 41.5 Å². The number of amides is 4. The molecule has 0 radical (unpaired) electrons. The molecule has 18 heteroatoms. The van der Waals surface area contributed by atoms with Crippen LogP contribution in [0.25, 0.3) is 33.4 Å². The number of likely N-dealkylation sites (tertiary alicyclic amines) is 1. The Morgan fingerprint density at radius 1 is 0.910 bits per heavy atom. The Hall–Kier alpha value is -5.43. The van der Waals surface area contributed by atoms with E-state index in [0.717, 1.165) is 64.5 Å². The Morgan fingerprint density at radius 2 is 1.69 bits per heavy atom. The highest BCUT2D eigenvalue weighted by Crippen LogP contribution is 2.42. The van der Waals surface area contributed by atoms with E-state index in [0.29, 0.717) is 61.1 Å². The molecule has 4 amide bonds. The third-order valence-electron chi connectivity index (χ3n) is 11.9. The Labute approximate surface area is 401 Å². The smallest absolute Gasteiger partial charge is 0.255 e. The zero-order chi connectivity index (χ0) is 47.9. The first kappa shape index (κ1) is 51.0. The number of fused-ring (bicyclic) bond motifs is 2. The Bertz CT molecular complexity index is 2650. The van der Waals surface area contributed by atoms with Crippen molar-refractivity contribution < 1.29 is 36.6 Å². The molecule has 3 heterocycles.